The van der Waals surface area contributed by atoms with Gasteiger partial charge in [-0.3, -0.25) is 4.79 Å². The monoisotopic (exact) mass is 303 g/mol. The molecule has 1 aromatic heterocycles. The van der Waals surface area contributed by atoms with Gasteiger partial charge in [-0.2, -0.15) is 5.10 Å². The van der Waals surface area contributed by atoms with Crippen molar-refractivity contribution in [3.8, 4) is 5.69 Å². The van der Waals surface area contributed by atoms with E-state index in [-0.39, 0.29) is 25.7 Å². The highest BCUT2D eigenvalue weighted by Crippen LogP contribution is 2.11. The van der Waals surface area contributed by atoms with E-state index in [2.05, 4.69) is 10.4 Å². The van der Waals surface area contributed by atoms with Crippen molar-refractivity contribution in [2.75, 3.05) is 19.8 Å². The minimum Gasteiger partial charge on any atom is -0.480 e. The van der Waals surface area contributed by atoms with Crippen LogP contribution in [0.2, 0.25) is 0 Å². The smallest absolute Gasteiger partial charge is 0.329 e. The van der Waals surface area contributed by atoms with E-state index in [1.165, 1.54) is 0 Å². The average Bonchev–Trinajstić information content (AvgIpc) is 2.92. The maximum Gasteiger partial charge on any atom is 0.329 e. The zero-order chi connectivity index (χ0) is 15.9. The molecule has 0 aliphatic carbocycles. The lowest BCUT2D eigenvalue weighted by Gasteiger charge is -2.07. The first kappa shape index (κ1) is 15.7. The first-order valence-electron chi connectivity index (χ1n) is 6.77. The molecule has 0 unspecified atom stereocenters. The molecule has 0 spiro atoms. The molecule has 0 fully saturated rings. The summed E-state index contributed by atoms with van der Waals surface area (Å²) < 4.78 is 6.62. The number of carboxylic acids is 1. The van der Waals surface area contributed by atoms with Crippen LogP contribution in [0.1, 0.15) is 16.1 Å². The van der Waals surface area contributed by atoms with Crippen molar-refractivity contribution in [3.63, 3.8) is 0 Å². The quantitative estimate of drug-likeness (QED) is 0.745. The number of nitrogens with zero attached hydrogens (tertiary/aromatic N) is 2. The largest absolute Gasteiger partial charge is 0.480 e. The second-order valence-corrected chi connectivity index (χ2v) is 4.63. The number of carbonyl (C=O) groups is 2. The van der Waals surface area contributed by atoms with E-state index in [0.29, 0.717) is 5.56 Å². The van der Waals surface area contributed by atoms with Gasteiger partial charge < -0.3 is 15.2 Å². The van der Waals surface area contributed by atoms with Crippen LogP contribution < -0.4 is 5.32 Å². The number of amides is 1. The number of ether oxygens (including phenoxy) is 1. The van der Waals surface area contributed by atoms with Crippen LogP contribution in [0.5, 0.6) is 0 Å². The fourth-order valence-corrected chi connectivity index (χ4v) is 1.89. The number of aryl methyl sites for hydroxylation is 1. The van der Waals surface area contributed by atoms with E-state index in [4.69, 9.17) is 9.84 Å². The van der Waals surface area contributed by atoms with Gasteiger partial charge >= 0.3 is 5.97 Å². The number of aliphatic carboxylic acids is 1. The Morgan fingerprint density at radius 1 is 1.27 bits per heavy atom. The highest BCUT2D eigenvalue weighted by molar-refractivity contribution is 5.94. The number of benzene rings is 1. The molecule has 0 saturated heterocycles. The van der Waals surface area contributed by atoms with Gasteiger partial charge in [0.15, 0.2) is 0 Å². The van der Waals surface area contributed by atoms with Crippen LogP contribution in [0.25, 0.3) is 5.69 Å². The first-order valence-corrected chi connectivity index (χ1v) is 6.77. The molecule has 2 N–H and O–H groups in total. The fourth-order valence-electron chi connectivity index (χ4n) is 1.89. The van der Waals surface area contributed by atoms with Crippen LogP contribution in [-0.2, 0) is 9.53 Å². The van der Waals surface area contributed by atoms with Gasteiger partial charge in [-0.15, -0.1) is 0 Å². The molecule has 7 nitrogen and oxygen atoms in total. The van der Waals surface area contributed by atoms with Crippen molar-refractivity contribution in [2.24, 2.45) is 0 Å². The summed E-state index contributed by atoms with van der Waals surface area (Å²) in [6, 6.07) is 8.96. The van der Waals surface area contributed by atoms with Gasteiger partial charge in [0.1, 0.15) is 6.61 Å². The molecule has 0 atom stereocenters. The predicted molar refractivity (Wildman–Crippen MR) is 79.1 cm³/mol. The Morgan fingerprint density at radius 2 is 2.00 bits per heavy atom. The molecule has 0 saturated carbocycles. The minimum absolute atomic E-state index is 0.155. The molecule has 7 heteroatoms. The van der Waals surface area contributed by atoms with Crippen molar-refractivity contribution in [2.45, 2.75) is 6.92 Å². The third kappa shape index (κ3) is 4.16. The van der Waals surface area contributed by atoms with Crippen LogP contribution in [0.15, 0.2) is 36.5 Å². The summed E-state index contributed by atoms with van der Waals surface area (Å²) in [4.78, 5) is 22.2. The number of rotatable bonds is 7. The third-order valence-electron chi connectivity index (χ3n) is 2.96. The van der Waals surface area contributed by atoms with Crippen molar-refractivity contribution < 1.29 is 19.4 Å². The second kappa shape index (κ2) is 7.37. The lowest BCUT2D eigenvalue weighted by atomic mass is 10.2. The molecular formula is C15H17N3O4. The van der Waals surface area contributed by atoms with Crippen LogP contribution in [0.3, 0.4) is 0 Å². The Balaban J connectivity index is 1.86. The second-order valence-electron chi connectivity index (χ2n) is 4.63. The lowest BCUT2D eigenvalue weighted by Crippen LogP contribution is -2.27. The zero-order valence-corrected chi connectivity index (χ0v) is 12.2. The van der Waals surface area contributed by atoms with E-state index in [0.717, 1.165) is 11.4 Å². The summed E-state index contributed by atoms with van der Waals surface area (Å²) in [5.41, 5.74) is 2.41. The number of hydrogen-bond donors (Lipinski definition) is 2. The number of aromatic nitrogens is 2. The number of nitrogens with one attached hydrogen (secondary N) is 1. The lowest BCUT2D eigenvalue weighted by molar-refractivity contribution is -0.142. The Bertz CT molecular complexity index is 649. The van der Waals surface area contributed by atoms with Crippen LogP contribution >= 0.6 is 0 Å². The number of carboxylic acid groups (broad SMARTS) is 1. The van der Waals surface area contributed by atoms with Crippen molar-refractivity contribution in [3.05, 3.63) is 47.8 Å². The van der Waals surface area contributed by atoms with E-state index in [1.54, 1.807) is 23.0 Å². The summed E-state index contributed by atoms with van der Waals surface area (Å²) >= 11 is 0. The summed E-state index contributed by atoms with van der Waals surface area (Å²) in [5, 5.41) is 15.3. The predicted octanol–water partition coefficient (Wildman–Crippen LogP) is 1.01. The first-order chi connectivity index (χ1) is 10.6. The number of carbonyl (C=O) groups excluding carboxylic acids is 1. The Morgan fingerprint density at radius 3 is 2.59 bits per heavy atom. The van der Waals surface area contributed by atoms with E-state index >= 15 is 0 Å². The maximum atomic E-state index is 11.9. The van der Waals surface area contributed by atoms with Gasteiger partial charge in [0.25, 0.3) is 5.91 Å². The van der Waals surface area contributed by atoms with Gasteiger partial charge in [0.05, 0.1) is 12.3 Å². The molecule has 0 bridgehead atoms. The van der Waals surface area contributed by atoms with E-state index < -0.39 is 5.97 Å². The van der Waals surface area contributed by atoms with Crippen LogP contribution in [-0.4, -0.2) is 46.5 Å². The summed E-state index contributed by atoms with van der Waals surface area (Å²) in [6.07, 6.45) is 1.72. The van der Waals surface area contributed by atoms with Crippen LogP contribution in [0.4, 0.5) is 0 Å². The molecule has 1 amide bonds. The standard InChI is InChI=1S/C15H17N3O4/c1-11-6-7-17-18(11)13-4-2-12(3-5-13)15(21)16-8-9-22-10-14(19)20/h2-7H,8-10H2,1H3,(H,16,21)(H,19,20). The van der Waals surface area contributed by atoms with Gasteiger partial charge in [0.2, 0.25) is 0 Å². The van der Waals surface area contributed by atoms with Crippen molar-refractivity contribution >= 4 is 11.9 Å². The van der Waals surface area contributed by atoms with Crippen molar-refractivity contribution in [1.82, 2.24) is 15.1 Å². The summed E-state index contributed by atoms with van der Waals surface area (Å²) in [6.45, 7) is 1.99. The zero-order valence-electron chi connectivity index (χ0n) is 12.2. The Kier molecular flexibility index (Phi) is 5.26. The number of hydrogen-bond acceptors (Lipinski definition) is 4. The Hall–Kier alpha value is -2.67. The molecular weight excluding hydrogens is 286 g/mol. The molecule has 2 aromatic rings. The van der Waals surface area contributed by atoms with Crippen LogP contribution in [0, 0.1) is 6.92 Å². The highest BCUT2D eigenvalue weighted by atomic mass is 16.5. The minimum atomic E-state index is -1.03. The molecule has 116 valence electrons. The van der Waals surface area contributed by atoms with Gasteiger partial charge in [-0.05, 0) is 37.3 Å². The maximum absolute atomic E-state index is 11.9. The molecule has 2 rings (SSSR count). The van der Waals surface area contributed by atoms with Gasteiger partial charge in [0, 0.05) is 24.0 Å². The normalized spacial score (nSPS) is 10.4. The van der Waals surface area contributed by atoms with Crippen molar-refractivity contribution in [1.29, 1.82) is 0 Å². The molecule has 22 heavy (non-hydrogen) atoms. The average molecular weight is 303 g/mol. The topological polar surface area (TPSA) is 93.5 Å². The van der Waals surface area contributed by atoms with E-state index in [9.17, 15) is 9.59 Å². The van der Waals surface area contributed by atoms with Gasteiger partial charge in [-0.25, -0.2) is 9.48 Å². The summed E-state index contributed by atoms with van der Waals surface area (Å²) in [5.74, 6) is -1.27. The molecule has 0 radical (unpaired) electrons. The summed E-state index contributed by atoms with van der Waals surface area (Å²) in [7, 11) is 0. The Labute approximate surface area is 127 Å². The SMILES string of the molecule is Cc1ccnn1-c1ccc(C(=O)NCCOCC(=O)O)cc1. The van der Waals surface area contributed by atoms with Gasteiger partial charge in [-0.1, -0.05) is 0 Å². The van der Waals surface area contributed by atoms with E-state index in [1.807, 2.05) is 25.1 Å². The fraction of sp³-hybridized carbons (Fsp3) is 0.267. The third-order valence-corrected chi connectivity index (χ3v) is 2.96. The molecule has 1 heterocycles. The molecule has 0 aliphatic rings. The highest BCUT2D eigenvalue weighted by Gasteiger charge is 2.06. The molecule has 1 aromatic carbocycles. The molecule has 0 aliphatic heterocycles.